The highest BCUT2D eigenvalue weighted by molar-refractivity contribution is 5.91. The zero-order chi connectivity index (χ0) is 11.6. The van der Waals surface area contributed by atoms with Gasteiger partial charge in [0.15, 0.2) is 0 Å². The van der Waals surface area contributed by atoms with Crippen LogP contribution < -0.4 is 5.56 Å². The molecule has 0 fully saturated rings. The Morgan fingerprint density at radius 2 is 2.00 bits per heavy atom. The summed E-state index contributed by atoms with van der Waals surface area (Å²) < 4.78 is 6.30. The number of rotatable bonds is 2. The Labute approximate surface area is 88.5 Å². The van der Waals surface area contributed by atoms with Crippen molar-refractivity contribution < 1.29 is 9.53 Å². The second-order valence-electron chi connectivity index (χ2n) is 3.43. The van der Waals surface area contributed by atoms with Crippen molar-refractivity contribution in [2.45, 2.75) is 20.8 Å². The van der Waals surface area contributed by atoms with Crippen LogP contribution in [0, 0.1) is 13.8 Å². The third-order valence-corrected chi connectivity index (χ3v) is 2.43. The Balaban J connectivity index is 3.32. The van der Waals surface area contributed by atoms with Crippen molar-refractivity contribution in [3.63, 3.8) is 0 Å². The fourth-order valence-electron chi connectivity index (χ4n) is 1.39. The summed E-state index contributed by atoms with van der Waals surface area (Å²) in [5.74, 6) is -0.381. The second kappa shape index (κ2) is 4.29. The molecule has 0 saturated heterocycles. The van der Waals surface area contributed by atoms with Crippen molar-refractivity contribution >= 4 is 5.97 Å². The number of esters is 1. The van der Waals surface area contributed by atoms with Gasteiger partial charge < -0.3 is 9.30 Å². The van der Waals surface area contributed by atoms with E-state index in [9.17, 15) is 9.59 Å². The fraction of sp³-hybridized carbons (Fsp3) is 0.455. The maximum absolute atomic E-state index is 11.5. The van der Waals surface area contributed by atoms with Crippen molar-refractivity contribution in [1.82, 2.24) is 4.57 Å². The molecule has 15 heavy (non-hydrogen) atoms. The predicted molar refractivity (Wildman–Crippen MR) is 57.1 cm³/mol. The minimum absolute atomic E-state index is 0.0828. The van der Waals surface area contributed by atoms with Crippen LogP contribution in [0.2, 0.25) is 0 Å². The van der Waals surface area contributed by atoms with Crippen molar-refractivity contribution in [2.24, 2.45) is 7.05 Å². The first-order valence-electron chi connectivity index (χ1n) is 4.83. The summed E-state index contributed by atoms with van der Waals surface area (Å²) >= 11 is 0. The van der Waals surface area contributed by atoms with Gasteiger partial charge in [0.2, 0.25) is 0 Å². The third-order valence-electron chi connectivity index (χ3n) is 2.43. The number of aromatic nitrogens is 1. The molecule has 0 atom stereocenters. The van der Waals surface area contributed by atoms with Gasteiger partial charge in [-0.15, -0.1) is 0 Å². The van der Waals surface area contributed by atoms with Gasteiger partial charge in [-0.25, -0.2) is 4.79 Å². The largest absolute Gasteiger partial charge is 0.462 e. The zero-order valence-electron chi connectivity index (χ0n) is 9.46. The fourth-order valence-corrected chi connectivity index (χ4v) is 1.39. The lowest BCUT2D eigenvalue weighted by Gasteiger charge is -2.09. The zero-order valence-corrected chi connectivity index (χ0v) is 9.46. The smallest absolute Gasteiger partial charge is 0.339 e. The summed E-state index contributed by atoms with van der Waals surface area (Å²) in [4.78, 5) is 23.1. The van der Waals surface area contributed by atoms with E-state index < -0.39 is 0 Å². The van der Waals surface area contributed by atoms with Crippen molar-refractivity contribution in [3.05, 3.63) is 33.2 Å². The average Bonchev–Trinajstić information content (AvgIpc) is 2.20. The molecule has 1 heterocycles. The van der Waals surface area contributed by atoms with Gasteiger partial charge in [0.25, 0.3) is 5.56 Å². The molecule has 4 heteroatoms. The number of carbonyl (C=O) groups excluding carboxylic acids is 1. The molecule has 0 spiro atoms. The Bertz CT molecular complexity index is 446. The van der Waals surface area contributed by atoms with E-state index in [1.807, 2.05) is 0 Å². The van der Waals surface area contributed by atoms with Crippen LogP contribution in [0.4, 0.5) is 0 Å². The van der Waals surface area contributed by atoms with Crippen molar-refractivity contribution in [3.8, 4) is 0 Å². The first kappa shape index (κ1) is 11.5. The minimum atomic E-state index is -0.381. The molecule has 1 rings (SSSR count). The number of pyridine rings is 1. The lowest BCUT2D eigenvalue weighted by Crippen LogP contribution is -2.23. The SMILES string of the molecule is CCOC(=O)c1cn(C)c(=O)c(C)c1C. The molecular weight excluding hydrogens is 194 g/mol. The van der Waals surface area contributed by atoms with E-state index in [1.165, 1.54) is 10.8 Å². The number of aryl methyl sites for hydroxylation is 1. The van der Waals surface area contributed by atoms with E-state index in [0.29, 0.717) is 23.3 Å². The lowest BCUT2D eigenvalue weighted by molar-refractivity contribution is 0.0524. The molecule has 82 valence electrons. The van der Waals surface area contributed by atoms with Crippen LogP contribution in [-0.2, 0) is 11.8 Å². The Morgan fingerprint density at radius 3 is 2.53 bits per heavy atom. The summed E-state index contributed by atoms with van der Waals surface area (Å²) in [5.41, 5.74) is 1.65. The number of ether oxygens (including phenoxy) is 1. The average molecular weight is 209 g/mol. The molecule has 0 aliphatic rings. The van der Waals surface area contributed by atoms with E-state index in [-0.39, 0.29) is 11.5 Å². The molecule has 0 aliphatic carbocycles. The predicted octanol–water partition coefficient (Wildman–Crippen LogP) is 1.18. The standard InChI is InChI=1S/C11H15NO3/c1-5-15-11(14)9-6-12(4)10(13)8(3)7(9)2/h6H,5H2,1-4H3. The summed E-state index contributed by atoms with van der Waals surface area (Å²) in [7, 11) is 1.62. The Kier molecular flexibility index (Phi) is 3.29. The molecule has 0 amide bonds. The highest BCUT2D eigenvalue weighted by atomic mass is 16.5. The maximum atomic E-state index is 11.5. The first-order chi connectivity index (χ1) is 6.99. The van der Waals surface area contributed by atoms with Crippen LogP contribution in [0.15, 0.2) is 11.0 Å². The first-order valence-corrected chi connectivity index (χ1v) is 4.83. The second-order valence-corrected chi connectivity index (χ2v) is 3.43. The van der Waals surface area contributed by atoms with Gasteiger partial charge in [-0.1, -0.05) is 0 Å². The van der Waals surface area contributed by atoms with Gasteiger partial charge in [-0.3, -0.25) is 4.79 Å². The molecule has 1 aromatic heterocycles. The van der Waals surface area contributed by atoms with Gasteiger partial charge in [0.05, 0.1) is 12.2 Å². The summed E-state index contributed by atoms with van der Waals surface area (Å²) in [6, 6.07) is 0. The van der Waals surface area contributed by atoms with E-state index in [2.05, 4.69) is 0 Å². The van der Waals surface area contributed by atoms with Gasteiger partial charge in [-0.05, 0) is 26.3 Å². The van der Waals surface area contributed by atoms with E-state index in [0.717, 1.165) is 0 Å². The Hall–Kier alpha value is -1.58. The van der Waals surface area contributed by atoms with Gasteiger partial charge in [-0.2, -0.15) is 0 Å². The quantitative estimate of drug-likeness (QED) is 0.687. The molecule has 0 aromatic carbocycles. The number of nitrogens with zero attached hydrogens (tertiary/aromatic N) is 1. The molecule has 1 aromatic rings. The molecule has 0 N–H and O–H groups in total. The summed E-state index contributed by atoms with van der Waals surface area (Å²) in [6.07, 6.45) is 1.52. The van der Waals surface area contributed by atoms with Gasteiger partial charge in [0, 0.05) is 18.8 Å². The van der Waals surface area contributed by atoms with Crippen molar-refractivity contribution in [1.29, 1.82) is 0 Å². The lowest BCUT2D eigenvalue weighted by atomic mass is 10.1. The topological polar surface area (TPSA) is 48.3 Å². The number of carbonyl (C=O) groups is 1. The molecular formula is C11H15NO3. The Morgan fingerprint density at radius 1 is 1.40 bits per heavy atom. The monoisotopic (exact) mass is 209 g/mol. The van der Waals surface area contributed by atoms with Gasteiger partial charge >= 0.3 is 5.97 Å². The third kappa shape index (κ3) is 2.09. The van der Waals surface area contributed by atoms with E-state index in [4.69, 9.17) is 4.74 Å². The molecule has 0 radical (unpaired) electrons. The summed E-state index contributed by atoms with van der Waals surface area (Å²) in [5, 5.41) is 0. The molecule has 4 nitrogen and oxygen atoms in total. The number of hydrogen-bond acceptors (Lipinski definition) is 3. The van der Waals surface area contributed by atoms with Crippen LogP contribution in [0.5, 0.6) is 0 Å². The molecule has 0 bridgehead atoms. The van der Waals surface area contributed by atoms with Gasteiger partial charge in [0.1, 0.15) is 0 Å². The normalized spacial score (nSPS) is 10.1. The highest BCUT2D eigenvalue weighted by Crippen LogP contribution is 2.10. The molecule has 0 aliphatic heterocycles. The number of hydrogen-bond donors (Lipinski definition) is 0. The molecule has 0 unspecified atom stereocenters. The molecule has 0 saturated carbocycles. The minimum Gasteiger partial charge on any atom is -0.462 e. The van der Waals surface area contributed by atoms with E-state index in [1.54, 1.807) is 27.8 Å². The maximum Gasteiger partial charge on any atom is 0.339 e. The van der Waals surface area contributed by atoms with E-state index >= 15 is 0 Å². The van der Waals surface area contributed by atoms with Crippen molar-refractivity contribution in [2.75, 3.05) is 6.61 Å². The highest BCUT2D eigenvalue weighted by Gasteiger charge is 2.14. The summed E-state index contributed by atoms with van der Waals surface area (Å²) in [6.45, 7) is 5.55. The van der Waals surface area contributed by atoms with Crippen LogP contribution in [0.1, 0.15) is 28.4 Å². The van der Waals surface area contributed by atoms with Crippen LogP contribution in [-0.4, -0.2) is 17.1 Å². The van der Waals surface area contributed by atoms with Crippen LogP contribution >= 0.6 is 0 Å². The van der Waals surface area contributed by atoms with Crippen LogP contribution in [0.25, 0.3) is 0 Å². The van der Waals surface area contributed by atoms with Crippen LogP contribution in [0.3, 0.4) is 0 Å².